The first-order valence-corrected chi connectivity index (χ1v) is 6.15. The number of benzene rings is 2. The van der Waals surface area contributed by atoms with Gasteiger partial charge in [0.25, 0.3) is 0 Å². The first-order valence-electron chi connectivity index (χ1n) is 5.33. The Morgan fingerprint density at radius 2 is 1.94 bits per heavy atom. The fourth-order valence-corrected chi connectivity index (χ4v) is 2.65. The number of hydrogen-bond acceptors (Lipinski definition) is 2. The topological polar surface area (TPSA) is 20.2 Å². The smallest absolute Gasteiger partial charge is 0.137 e. The number of aliphatic hydroxyl groups excluding tert-OH is 1. The molecule has 1 nitrogen and oxygen atoms in total. The second-order valence-corrected chi connectivity index (χ2v) is 4.89. The van der Waals surface area contributed by atoms with Crippen LogP contribution in [0, 0.1) is 12.7 Å². The van der Waals surface area contributed by atoms with Crippen LogP contribution in [0.1, 0.15) is 11.1 Å². The third kappa shape index (κ3) is 2.87. The summed E-state index contributed by atoms with van der Waals surface area (Å²) in [5, 5.41) is 9.20. The van der Waals surface area contributed by atoms with Gasteiger partial charge in [-0.05, 0) is 30.7 Å². The molecule has 2 rings (SSSR count). The Balaban J connectivity index is 2.35. The van der Waals surface area contributed by atoms with Gasteiger partial charge in [-0.1, -0.05) is 41.6 Å². The summed E-state index contributed by atoms with van der Waals surface area (Å²) in [6, 6.07) is 12.6. The summed E-state index contributed by atoms with van der Waals surface area (Å²) in [5.74, 6) is -0.289. The molecule has 0 fully saturated rings. The SMILES string of the molecule is Cc1cccc(Sc2c(F)cccc2CO)c1. The summed E-state index contributed by atoms with van der Waals surface area (Å²) >= 11 is 1.34. The Kier molecular flexibility index (Phi) is 3.82. The molecule has 0 saturated heterocycles. The highest BCUT2D eigenvalue weighted by molar-refractivity contribution is 7.99. The lowest BCUT2D eigenvalue weighted by Gasteiger charge is -2.08. The van der Waals surface area contributed by atoms with Gasteiger partial charge in [0.05, 0.1) is 11.5 Å². The van der Waals surface area contributed by atoms with Crippen molar-refractivity contribution in [3.63, 3.8) is 0 Å². The lowest BCUT2D eigenvalue weighted by atomic mass is 10.2. The zero-order chi connectivity index (χ0) is 12.3. The Morgan fingerprint density at radius 1 is 1.18 bits per heavy atom. The molecule has 0 saturated carbocycles. The van der Waals surface area contributed by atoms with E-state index in [2.05, 4.69) is 0 Å². The molecular formula is C14H13FOS. The predicted molar refractivity (Wildman–Crippen MR) is 67.6 cm³/mol. The van der Waals surface area contributed by atoms with Crippen LogP contribution >= 0.6 is 11.8 Å². The monoisotopic (exact) mass is 248 g/mol. The quantitative estimate of drug-likeness (QED) is 0.892. The second-order valence-electron chi connectivity index (χ2n) is 3.80. The molecule has 0 aliphatic rings. The van der Waals surface area contributed by atoms with Crippen molar-refractivity contribution >= 4 is 11.8 Å². The maximum Gasteiger partial charge on any atom is 0.137 e. The van der Waals surface area contributed by atoms with Crippen LogP contribution in [0.15, 0.2) is 52.3 Å². The van der Waals surface area contributed by atoms with E-state index in [9.17, 15) is 9.50 Å². The lowest BCUT2D eigenvalue weighted by molar-refractivity contribution is 0.277. The molecule has 0 spiro atoms. The van der Waals surface area contributed by atoms with Crippen molar-refractivity contribution in [2.45, 2.75) is 23.3 Å². The lowest BCUT2D eigenvalue weighted by Crippen LogP contribution is -1.91. The Labute approximate surface area is 104 Å². The molecular weight excluding hydrogens is 235 g/mol. The molecule has 0 aliphatic carbocycles. The minimum absolute atomic E-state index is 0.147. The van der Waals surface area contributed by atoms with E-state index in [1.165, 1.54) is 17.8 Å². The highest BCUT2D eigenvalue weighted by atomic mass is 32.2. The Bertz CT molecular complexity index is 525. The van der Waals surface area contributed by atoms with E-state index in [-0.39, 0.29) is 12.4 Å². The molecule has 0 unspecified atom stereocenters. The van der Waals surface area contributed by atoms with E-state index in [1.54, 1.807) is 12.1 Å². The first-order chi connectivity index (χ1) is 8.20. The summed E-state index contributed by atoms with van der Waals surface area (Å²) in [5.41, 5.74) is 1.76. The van der Waals surface area contributed by atoms with E-state index in [0.29, 0.717) is 10.5 Å². The summed E-state index contributed by atoms with van der Waals surface area (Å²) in [6.45, 7) is 1.85. The summed E-state index contributed by atoms with van der Waals surface area (Å²) < 4.78 is 13.7. The average Bonchev–Trinajstić information content (AvgIpc) is 2.32. The summed E-state index contributed by atoms with van der Waals surface area (Å²) in [6.07, 6.45) is 0. The normalized spacial score (nSPS) is 10.5. The third-order valence-electron chi connectivity index (χ3n) is 2.43. The van der Waals surface area contributed by atoms with Crippen molar-refractivity contribution in [2.24, 2.45) is 0 Å². The molecule has 0 bridgehead atoms. The van der Waals surface area contributed by atoms with Crippen molar-refractivity contribution in [1.82, 2.24) is 0 Å². The standard InChI is InChI=1S/C14H13FOS/c1-10-4-2-6-12(8-10)17-14-11(9-16)5-3-7-13(14)15/h2-8,16H,9H2,1H3. The van der Waals surface area contributed by atoms with Crippen LogP contribution in [0.2, 0.25) is 0 Å². The zero-order valence-corrected chi connectivity index (χ0v) is 10.3. The maximum atomic E-state index is 13.7. The van der Waals surface area contributed by atoms with Gasteiger partial charge in [0.15, 0.2) is 0 Å². The van der Waals surface area contributed by atoms with Gasteiger partial charge in [-0.3, -0.25) is 0 Å². The zero-order valence-electron chi connectivity index (χ0n) is 9.48. The van der Waals surface area contributed by atoms with Crippen LogP contribution in [0.4, 0.5) is 4.39 Å². The molecule has 88 valence electrons. The highest BCUT2D eigenvalue weighted by Gasteiger charge is 2.09. The fourth-order valence-electron chi connectivity index (χ4n) is 1.59. The number of halogens is 1. The Hall–Kier alpha value is -1.32. The van der Waals surface area contributed by atoms with Gasteiger partial charge in [0.1, 0.15) is 5.82 Å². The van der Waals surface area contributed by atoms with E-state index in [1.807, 2.05) is 31.2 Å². The largest absolute Gasteiger partial charge is 0.392 e. The van der Waals surface area contributed by atoms with Crippen LogP contribution in [0.3, 0.4) is 0 Å². The molecule has 0 amide bonds. The molecule has 17 heavy (non-hydrogen) atoms. The molecule has 1 N–H and O–H groups in total. The van der Waals surface area contributed by atoms with Crippen LogP contribution in [-0.4, -0.2) is 5.11 Å². The summed E-state index contributed by atoms with van der Waals surface area (Å²) in [4.78, 5) is 1.48. The van der Waals surface area contributed by atoms with E-state index in [0.717, 1.165) is 10.5 Å². The van der Waals surface area contributed by atoms with E-state index in [4.69, 9.17) is 0 Å². The molecule has 0 aliphatic heterocycles. The van der Waals surface area contributed by atoms with Gasteiger partial charge in [-0.25, -0.2) is 4.39 Å². The van der Waals surface area contributed by atoms with Crippen LogP contribution in [-0.2, 0) is 6.61 Å². The van der Waals surface area contributed by atoms with Crippen LogP contribution in [0.25, 0.3) is 0 Å². The molecule has 0 heterocycles. The van der Waals surface area contributed by atoms with Gasteiger partial charge in [-0.2, -0.15) is 0 Å². The van der Waals surface area contributed by atoms with Gasteiger partial charge < -0.3 is 5.11 Å². The molecule has 0 aromatic heterocycles. The van der Waals surface area contributed by atoms with Gasteiger partial charge in [0, 0.05) is 4.90 Å². The molecule has 3 heteroatoms. The average molecular weight is 248 g/mol. The first kappa shape index (κ1) is 12.1. The van der Waals surface area contributed by atoms with Crippen molar-refractivity contribution in [3.05, 3.63) is 59.4 Å². The summed E-state index contributed by atoms with van der Waals surface area (Å²) in [7, 11) is 0. The van der Waals surface area contributed by atoms with E-state index >= 15 is 0 Å². The van der Waals surface area contributed by atoms with Crippen molar-refractivity contribution in [1.29, 1.82) is 0 Å². The minimum atomic E-state index is -0.289. The number of rotatable bonds is 3. The minimum Gasteiger partial charge on any atom is -0.392 e. The van der Waals surface area contributed by atoms with Gasteiger partial charge in [0.2, 0.25) is 0 Å². The van der Waals surface area contributed by atoms with Crippen molar-refractivity contribution in [2.75, 3.05) is 0 Å². The van der Waals surface area contributed by atoms with Gasteiger partial charge >= 0.3 is 0 Å². The predicted octanol–water partition coefficient (Wildman–Crippen LogP) is 3.78. The number of hydrogen-bond donors (Lipinski definition) is 1. The molecule has 2 aromatic rings. The second kappa shape index (κ2) is 5.34. The number of aryl methyl sites for hydroxylation is 1. The van der Waals surface area contributed by atoms with Crippen LogP contribution in [0.5, 0.6) is 0 Å². The highest BCUT2D eigenvalue weighted by Crippen LogP contribution is 2.33. The van der Waals surface area contributed by atoms with Crippen molar-refractivity contribution < 1.29 is 9.50 Å². The van der Waals surface area contributed by atoms with E-state index < -0.39 is 0 Å². The molecule has 0 radical (unpaired) electrons. The Morgan fingerprint density at radius 3 is 2.65 bits per heavy atom. The molecule has 2 aromatic carbocycles. The number of aliphatic hydroxyl groups is 1. The fraction of sp³-hybridized carbons (Fsp3) is 0.143. The van der Waals surface area contributed by atoms with Crippen molar-refractivity contribution in [3.8, 4) is 0 Å². The third-order valence-corrected chi connectivity index (χ3v) is 3.58. The van der Waals surface area contributed by atoms with Crippen LogP contribution < -0.4 is 0 Å². The maximum absolute atomic E-state index is 13.7. The molecule has 0 atom stereocenters. The van der Waals surface area contributed by atoms with Gasteiger partial charge in [-0.15, -0.1) is 0 Å².